The maximum absolute atomic E-state index is 12.0. The van der Waals surface area contributed by atoms with Crippen LogP contribution in [0.15, 0.2) is 51.8 Å². The molecular weight excluding hydrogens is 352 g/mol. The van der Waals surface area contributed by atoms with Gasteiger partial charge in [-0.25, -0.2) is 0 Å². The van der Waals surface area contributed by atoms with Gasteiger partial charge in [-0.3, -0.25) is 4.79 Å². The van der Waals surface area contributed by atoms with E-state index in [0.29, 0.717) is 17.2 Å². The molecule has 0 heterocycles. The molecule has 0 radical (unpaired) electrons. The molecule has 0 aliphatic rings. The number of amides is 1. The van der Waals surface area contributed by atoms with E-state index in [-0.39, 0.29) is 5.91 Å². The van der Waals surface area contributed by atoms with E-state index in [1.165, 1.54) is 11.8 Å². The molecule has 1 amide bonds. The number of thioether (sulfide) groups is 1. The fraction of sp³-hybridized carbons (Fsp3) is 0.133. The smallest absolute Gasteiger partial charge is 0.234 e. The lowest BCUT2D eigenvalue weighted by Gasteiger charge is -2.08. The average Bonchev–Trinajstić information content (AvgIpc) is 2.46. The fourth-order valence-corrected chi connectivity index (χ4v) is 3.14. The van der Waals surface area contributed by atoms with E-state index < -0.39 is 0 Å². The number of nitrogens with one attached hydrogen (secondary N) is 1. The SMILES string of the molecule is COc1cccc(NC(=O)CSc2ccc(N)cc2Br)c1. The molecule has 110 valence electrons. The molecule has 2 aromatic rings. The summed E-state index contributed by atoms with van der Waals surface area (Å²) in [7, 11) is 1.59. The minimum Gasteiger partial charge on any atom is -0.497 e. The summed E-state index contributed by atoms with van der Waals surface area (Å²) in [6.07, 6.45) is 0. The van der Waals surface area contributed by atoms with Crippen LogP contribution in [0.2, 0.25) is 0 Å². The highest BCUT2D eigenvalue weighted by molar-refractivity contribution is 9.10. The van der Waals surface area contributed by atoms with Crippen LogP contribution in [0.4, 0.5) is 11.4 Å². The minimum atomic E-state index is -0.0722. The van der Waals surface area contributed by atoms with Crippen molar-refractivity contribution < 1.29 is 9.53 Å². The number of hydrogen-bond donors (Lipinski definition) is 2. The molecule has 3 N–H and O–H groups in total. The Morgan fingerprint density at radius 2 is 2.14 bits per heavy atom. The van der Waals surface area contributed by atoms with Gasteiger partial charge in [-0.05, 0) is 46.3 Å². The molecule has 6 heteroatoms. The van der Waals surface area contributed by atoms with E-state index in [0.717, 1.165) is 15.1 Å². The first-order valence-electron chi connectivity index (χ1n) is 6.20. The summed E-state index contributed by atoms with van der Waals surface area (Å²) in [5.41, 5.74) is 7.09. The van der Waals surface area contributed by atoms with Crippen LogP contribution in [0.5, 0.6) is 5.75 Å². The van der Waals surface area contributed by atoms with Crippen LogP contribution in [-0.4, -0.2) is 18.8 Å². The molecule has 0 atom stereocenters. The van der Waals surface area contributed by atoms with E-state index in [4.69, 9.17) is 10.5 Å². The zero-order valence-electron chi connectivity index (χ0n) is 11.4. The number of anilines is 2. The molecule has 2 rings (SSSR count). The summed E-state index contributed by atoms with van der Waals surface area (Å²) in [5, 5.41) is 2.84. The number of carbonyl (C=O) groups is 1. The Labute approximate surface area is 136 Å². The van der Waals surface area contributed by atoms with Gasteiger partial charge in [0.2, 0.25) is 5.91 Å². The molecule has 0 saturated heterocycles. The second-order valence-electron chi connectivity index (χ2n) is 4.26. The quantitative estimate of drug-likeness (QED) is 0.624. The highest BCUT2D eigenvalue weighted by Gasteiger charge is 2.07. The number of nitrogens with two attached hydrogens (primary N) is 1. The van der Waals surface area contributed by atoms with E-state index in [9.17, 15) is 4.79 Å². The summed E-state index contributed by atoms with van der Waals surface area (Å²) in [6.45, 7) is 0. The van der Waals surface area contributed by atoms with Crippen LogP contribution in [0.25, 0.3) is 0 Å². The van der Waals surface area contributed by atoms with Crippen LogP contribution >= 0.6 is 27.7 Å². The van der Waals surface area contributed by atoms with Gasteiger partial charge in [0.25, 0.3) is 0 Å². The summed E-state index contributed by atoms with van der Waals surface area (Å²) in [6, 6.07) is 12.8. The van der Waals surface area contributed by atoms with Gasteiger partial charge >= 0.3 is 0 Å². The van der Waals surface area contributed by atoms with Crippen molar-refractivity contribution in [3.63, 3.8) is 0 Å². The van der Waals surface area contributed by atoms with Gasteiger partial charge in [-0.15, -0.1) is 11.8 Å². The van der Waals surface area contributed by atoms with Crippen molar-refractivity contribution in [2.45, 2.75) is 4.90 Å². The third kappa shape index (κ3) is 4.68. The van der Waals surface area contributed by atoms with Gasteiger partial charge in [0.15, 0.2) is 0 Å². The minimum absolute atomic E-state index is 0.0722. The van der Waals surface area contributed by atoms with Crippen molar-refractivity contribution in [3.8, 4) is 5.75 Å². The standard InChI is InChI=1S/C15H15BrN2O2S/c1-20-12-4-2-3-11(8-12)18-15(19)9-21-14-6-5-10(17)7-13(14)16/h2-8H,9,17H2,1H3,(H,18,19). The Morgan fingerprint density at radius 3 is 2.86 bits per heavy atom. The third-order valence-corrected chi connectivity index (χ3v) is 4.66. The molecule has 0 aromatic heterocycles. The Kier molecular flexibility index (Phi) is 5.52. The molecule has 0 spiro atoms. The average molecular weight is 367 g/mol. The molecule has 0 bridgehead atoms. The Bertz CT molecular complexity index is 649. The highest BCUT2D eigenvalue weighted by atomic mass is 79.9. The number of methoxy groups -OCH3 is 1. The molecule has 0 fully saturated rings. The molecule has 2 aromatic carbocycles. The number of hydrogen-bond acceptors (Lipinski definition) is 4. The molecule has 0 unspecified atom stereocenters. The Morgan fingerprint density at radius 1 is 1.33 bits per heavy atom. The van der Waals surface area contributed by atoms with E-state index >= 15 is 0 Å². The summed E-state index contributed by atoms with van der Waals surface area (Å²) in [4.78, 5) is 12.9. The van der Waals surface area contributed by atoms with Crippen LogP contribution in [0.1, 0.15) is 0 Å². The molecular formula is C15H15BrN2O2S. The number of benzene rings is 2. The first-order valence-corrected chi connectivity index (χ1v) is 7.98. The van der Waals surface area contributed by atoms with E-state index in [1.54, 1.807) is 13.2 Å². The lowest BCUT2D eigenvalue weighted by molar-refractivity contribution is -0.113. The lowest BCUT2D eigenvalue weighted by atomic mass is 10.3. The third-order valence-electron chi connectivity index (χ3n) is 2.67. The predicted octanol–water partition coefficient (Wildman–Crippen LogP) is 3.77. The van der Waals surface area contributed by atoms with Crippen LogP contribution in [0.3, 0.4) is 0 Å². The van der Waals surface area contributed by atoms with Crippen LogP contribution < -0.4 is 15.8 Å². The van der Waals surface area contributed by atoms with Gasteiger partial charge in [-0.1, -0.05) is 6.07 Å². The predicted molar refractivity (Wildman–Crippen MR) is 90.9 cm³/mol. The molecule has 0 aliphatic heterocycles. The van der Waals surface area contributed by atoms with Crippen molar-refractivity contribution >= 4 is 45.0 Å². The second kappa shape index (κ2) is 7.38. The van der Waals surface area contributed by atoms with Gasteiger partial charge in [-0.2, -0.15) is 0 Å². The van der Waals surface area contributed by atoms with Crippen molar-refractivity contribution in [2.24, 2.45) is 0 Å². The summed E-state index contributed by atoms with van der Waals surface area (Å²) < 4.78 is 6.01. The van der Waals surface area contributed by atoms with Crippen LogP contribution in [0, 0.1) is 0 Å². The van der Waals surface area contributed by atoms with Gasteiger partial charge in [0, 0.05) is 26.8 Å². The normalized spacial score (nSPS) is 10.2. The maximum atomic E-state index is 12.0. The van der Waals surface area contributed by atoms with Crippen molar-refractivity contribution in [3.05, 3.63) is 46.9 Å². The van der Waals surface area contributed by atoms with Gasteiger partial charge < -0.3 is 15.8 Å². The first-order chi connectivity index (χ1) is 10.1. The molecule has 4 nitrogen and oxygen atoms in total. The van der Waals surface area contributed by atoms with Crippen molar-refractivity contribution in [1.29, 1.82) is 0 Å². The Hall–Kier alpha value is -1.66. The number of carbonyl (C=O) groups excluding carboxylic acids is 1. The van der Waals surface area contributed by atoms with Crippen molar-refractivity contribution in [1.82, 2.24) is 0 Å². The van der Waals surface area contributed by atoms with Gasteiger partial charge in [0.1, 0.15) is 5.75 Å². The van der Waals surface area contributed by atoms with Gasteiger partial charge in [0.05, 0.1) is 12.9 Å². The second-order valence-corrected chi connectivity index (χ2v) is 6.13. The van der Waals surface area contributed by atoms with E-state index in [2.05, 4.69) is 21.2 Å². The fourth-order valence-electron chi connectivity index (χ4n) is 1.68. The Balaban J connectivity index is 1.92. The van der Waals surface area contributed by atoms with E-state index in [1.807, 2.05) is 36.4 Å². The summed E-state index contributed by atoms with van der Waals surface area (Å²) >= 11 is 4.88. The largest absolute Gasteiger partial charge is 0.497 e. The summed E-state index contributed by atoms with van der Waals surface area (Å²) in [5.74, 6) is 0.957. The zero-order chi connectivity index (χ0) is 15.2. The number of ether oxygens (including phenoxy) is 1. The maximum Gasteiger partial charge on any atom is 0.234 e. The molecule has 0 saturated carbocycles. The zero-order valence-corrected chi connectivity index (χ0v) is 13.8. The molecule has 21 heavy (non-hydrogen) atoms. The topological polar surface area (TPSA) is 64.3 Å². The number of halogens is 1. The van der Waals surface area contributed by atoms with Crippen LogP contribution in [-0.2, 0) is 4.79 Å². The lowest BCUT2D eigenvalue weighted by Crippen LogP contribution is -2.14. The first kappa shape index (κ1) is 15.7. The molecule has 0 aliphatic carbocycles. The van der Waals surface area contributed by atoms with Crippen molar-refractivity contribution in [2.75, 3.05) is 23.9 Å². The number of nitrogen functional groups attached to an aromatic ring is 1. The highest BCUT2D eigenvalue weighted by Crippen LogP contribution is 2.29. The monoisotopic (exact) mass is 366 g/mol. The number of rotatable bonds is 5.